The van der Waals surface area contributed by atoms with Gasteiger partial charge in [0.15, 0.2) is 0 Å². The number of nitrogens with zero attached hydrogens (tertiary/aromatic N) is 2. The minimum Gasteiger partial charge on any atom is -0.456 e. The number of rotatable bonds is 10. The first-order valence-electron chi connectivity index (χ1n) is 24.4. The number of halogens is 2. The fourth-order valence-electron chi connectivity index (χ4n) is 10.6. The molecule has 0 amide bonds. The molecular weight excluding hydrogens is 899 g/mol. The number of anilines is 6. The van der Waals surface area contributed by atoms with Crippen molar-refractivity contribution in [1.82, 2.24) is 0 Å². The lowest BCUT2D eigenvalue weighted by molar-refractivity contribution is 0.487. The van der Waals surface area contributed by atoms with Crippen molar-refractivity contribution >= 4 is 55.7 Å². The Kier molecular flexibility index (Phi) is 10.9. The van der Waals surface area contributed by atoms with E-state index >= 15 is 8.78 Å². The normalized spacial score (nSPS) is 11.5. The molecule has 12 aromatic rings. The minimum absolute atomic E-state index is 0.334. The summed E-state index contributed by atoms with van der Waals surface area (Å²) in [7, 11) is 0. The molecule has 0 aliphatic carbocycles. The van der Waals surface area contributed by atoms with E-state index in [0.29, 0.717) is 22.9 Å². The SMILES string of the molecule is Fc1cc(-c2ccccc2)cc(-c2ccccc2)c1N(c1ccccc1)c1ccc2c(c1)Oc1cccc3c1c-2cc1ccc(N(c2ccccc2)c2c(F)cc(-c4ccccc4)cc2-c2ccccc2)cc13. The zero-order valence-corrected chi connectivity index (χ0v) is 39.5. The third-order valence-electron chi connectivity index (χ3n) is 13.9. The second kappa shape index (κ2) is 18.3. The smallest absolute Gasteiger partial charge is 0.148 e. The molecule has 1 aliphatic rings. The number of hydrogen-bond donors (Lipinski definition) is 0. The fourth-order valence-corrected chi connectivity index (χ4v) is 10.6. The molecule has 0 aromatic heterocycles. The van der Waals surface area contributed by atoms with Crippen LogP contribution in [0.3, 0.4) is 0 Å². The highest BCUT2D eigenvalue weighted by molar-refractivity contribution is 6.18. The average molecular weight is 943 g/mol. The summed E-state index contributed by atoms with van der Waals surface area (Å²) >= 11 is 0. The quantitative estimate of drug-likeness (QED) is 0.127. The van der Waals surface area contributed by atoms with E-state index in [1.807, 2.05) is 210 Å². The Bertz CT molecular complexity index is 4000. The van der Waals surface area contributed by atoms with Crippen LogP contribution in [-0.4, -0.2) is 0 Å². The fraction of sp³-hybridized carbons (Fsp3) is 0. The summed E-state index contributed by atoms with van der Waals surface area (Å²) in [5.74, 6) is 0.695. The summed E-state index contributed by atoms with van der Waals surface area (Å²) in [6, 6.07) is 88.3. The summed E-state index contributed by atoms with van der Waals surface area (Å²) in [5, 5.41) is 4.02. The number of hydrogen-bond acceptors (Lipinski definition) is 3. The van der Waals surface area contributed by atoms with E-state index in [0.717, 1.165) is 99.9 Å². The van der Waals surface area contributed by atoms with Crippen molar-refractivity contribution < 1.29 is 13.5 Å². The van der Waals surface area contributed by atoms with E-state index in [1.165, 1.54) is 0 Å². The molecule has 0 bridgehead atoms. The van der Waals surface area contributed by atoms with Crippen molar-refractivity contribution in [1.29, 1.82) is 0 Å². The first-order valence-corrected chi connectivity index (χ1v) is 24.4. The molecule has 1 aliphatic heterocycles. The molecule has 5 heteroatoms. The second-order valence-corrected chi connectivity index (χ2v) is 18.3. The molecule has 1 heterocycles. The van der Waals surface area contributed by atoms with E-state index in [9.17, 15) is 0 Å². The summed E-state index contributed by atoms with van der Waals surface area (Å²) in [5.41, 5.74) is 12.8. The maximum Gasteiger partial charge on any atom is 0.148 e. The summed E-state index contributed by atoms with van der Waals surface area (Å²) in [4.78, 5) is 4.03. The van der Waals surface area contributed by atoms with E-state index in [1.54, 1.807) is 12.1 Å². The van der Waals surface area contributed by atoms with E-state index in [4.69, 9.17) is 4.74 Å². The van der Waals surface area contributed by atoms with Crippen LogP contribution in [0.15, 0.2) is 267 Å². The summed E-state index contributed by atoms with van der Waals surface area (Å²) in [6.45, 7) is 0. The minimum atomic E-state index is -0.349. The molecule has 0 unspecified atom stereocenters. The Balaban J connectivity index is 0.960. The third-order valence-corrected chi connectivity index (χ3v) is 13.9. The summed E-state index contributed by atoms with van der Waals surface area (Å²) < 4.78 is 41.6. The molecule has 0 saturated heterocycles. The molecule has 0 fully saturated rings. The lowest BCUT2D eigenvalue weighted by Gasteiger charge is -2.30. The molecule has 12 aromatic carbocycles. The van der Waals surface area contributed by atoms with Crippen molar-refractivity contribution in [3.05, 3.63) is 279 Å². The highest BCUT2D eigenvalue weighted by atomic mass is 19.1. The molecule has 0 saturated carbocycles. The predicted octanol–water partition coefficient (Wildman–Crippen LogP) is 19.7. The van der Waals surface area contributed by atoms with Crippen LogP contribution in [0.1, 0.15) is 0 Å². The van der Waals surface area contributed by atoms with Crippen LogP contribution >= 0.6 is 0 Å². The van der Waals surface area contributed by atoms with E-state index in [-0.39, 0.29) is 11.6 Å². The van der Waals surface area contributed by atoms with Gasteiger partial charge in [-0.1, -0.05) is 176 Å². The van der Waals surface area contributed by atoms with Gasteiger partial charge < -0.3 is 14.5 Å². The molecule has 73 heavy (non-hydrogen) atoms. The van der Waals surface area contributed by atoms with E-state index < -0.39 is 0 Å². The highest BCUT2D eigenvalue weighted by Crippen LogP contribution is 2.53. The Hall–Kier alpha value is -9.58. The molecule has 0 atom stereocenters. The van der Waals surface area contributed by atoms with Crippen LogP contribution in [0.2, 0.25) is 0 Å². The average Bonchev–Trinajstić information content (AvgIpc) is 3.45. The van der Waals surface area contributed by atoms with E-state index in [2.05, 4.69) is 54.6 Å². The lowest BCUT2D eigenvalue weighted by Crippen LogP contribution is -2.14. The van der Waals surface area contributed by atoms with Gasteiger partial charge in [-0.05, 0) is 140 Å². The zero-order chi connectivity index (χ0) is 48.8. The van der Waals surface area contributed by atoms with Gasteiger partial charge >= 0.3 is 0 Å². The zero-order valence-electron chi connectivity index (χ0n) is 39.5. The first-order chi connectivity index (χ1) is 36.0. The molecule has 0 spiro atoms. The van der Waals surface area contributed by atoms with Crippen molar-refractivity contribution in [2.24, 2.45) is 0 Å². The van der Waals surface area contributed by atoms with Crippen LogP contribution in [-0.2, 0) is 0 Å². The van der Waals surface area contributed by atoms with Gasteiger partial charge in [0, 0.05) is 45.2 Å². The number of fused-ring (bicyclic) bond motifs is 4. The van der Waals surface area contributed by atoms with Crippen molar-refractivity contribution in [2.45, 2.75) is 0 Å². The van der Waals surface area contributed by atoms with Crippen LogP contribution in [0.25, 0.3) is 77.2 Å². The standard InChI is InChI=1S/C68H44F2N2O/c69-62-41-50(45-20-7-1-8-21-45)39-59(47-24-11-3-12-25-47)67(62)71(52-28-15-5-16-29-52)54-35-34-49-38-61-56-37-36-55(44-65(56)73-64-33-19-32-57(66(61)64)58(49)43-54)72(53-30-17-6-18-31-53)68-60(48-26-13-4-14-27-48)40-51(42-63(68)70)46-22-9-2-10-23-46/h1-44H. The molecule has 346 valence electrons. The predicted molar refractivity (Wildman–Crippen MR) is 298 cm³/mol. The van der Waals surface area contributed by atoms with Crippen LogP contribution in [0.5, 0.6) is 11.5 Å². The van der Waals surface area contributed by atoms with Gasteiger partial charge in [0.2, 0.25) is 0 Å². The monoisotopic (exact) mass is 942 g/mol. The maximum absolute atomic E-state index is 17.4. The first kappa shape index (κ1) is 43.4. The number of ether oxygens (including phenoxy) is 1. The Morgan fingerprint density at radius 2 is 0.726 bits per heavy atom. The van der Waals surface area contributed by atoms with Gasteiger partial charge in [0.1, 0.15) is 23.1 Å². The lowest BCUT2D eigenvalue weighted by atomic mass is 9.90. The molecule has 3 nitrogen and oxygen atoms in total. The number of para-hydroxylation sites is 2. The molecule has 0 radical (unpaired) electrons. The van der Waals surface area contributed by atoms with Crippen molar-refractivity contribution in [2.75, 3.05) is 9.80 Å². The van der Waals surface area contributed by atoms with Gasteiger partial charge in [-0.2, -0.15) is 0 Å². The molecular formula is C68H44F2N2O. The summed E-state index contributed by atoms with van der Waals surface area (Å²) in [6.07, 6.45) is 0. The van der Waals surface area contributed by atoms with Gasteiger partial charge in [-0.3, -0.25) is 0 Å². The Morgan fingerprint density at radius 3 is 1.23 bits per heavy atom. The van der Waals surface area contributed by atoms with Crippen molar-refractivity contribution in [3.8, 4) is 67.1 Å². The Labute approximate surface area is 422 Å². The van der Waals surface area contributed by atoms with Crippen molar-refractivity contribution in [3.63, 3.8) is 0 Å². The molecule has 0 N–H and O–H groups in total. The van der Waals surface area contributed by atoms with Gasteiger partial charge in [-0.25, -0.2) is 8.78 Å². The van der Waals surface area contributed by atoms with Gasteiger partial charge in [0.25, 0.3) is 0 Å². The van der Waals surface area contributed by atoms with Crippen LogP contribution < -0.4 is 14.5 Å². The van der Waals surface area contributed by atoms with Crippen LogP contribution in [0, 0.1) is 11.6 Å². The second-order valence-electron chi connectivity index (χ2n) is 18.3. The molecule has 13 rings (SSSR count). The largest absolute Gasteiger partial charge is 0.456 e. The van der Waals surface area contributed by atoms with Crippen LogP contribution in [0.4, 0.5) is 42.9 Å². The number of benzene rings is 12. The Morgan fingerprint density at radius 1 is 0.274 bits per heavy atom. The topological polar surface area (TPSA) is 15.7 Å². The van der Waals surface area contributed by atoms with Gasteiger partial charge in [0.05, 0.1) is 17.1 Å². The third kappa shape index (κ3) is 7.85. The van der Waals surface area contributed by atoms with Gasteiger partial charge in [-0.15, -0.1) is 0 Å². The highest BCUT2D eigenvalue weighted by Gasteiger charge is 2.28. The maximum atomic E-state index is 17.4.